The molecule has 0 bridgehead atoms. The van der Waals surface area contributed by atoms with Gasteiger partial charge in [-0.25, -0.2) is 22.8 Å². The number of carboxylic acids is 1. The van der Waals surface area contributed by atoms with E-state index in [0.717, 1.165) is 9.36 Å². The van der Waals surface area contributed by atoms with Crippen molar-refractivity contribution in [2.75, 3.05) is 38.4 Å². The van der Waals surface area contributed by atoms with Crippen molar-refractivity contribution in [3.05, 3.63) is 127 Å². The molecule has 11 rings (SSSR count). The molecule has 0 spiro atoms. The number of hydrogen-bond donors (Lipinski definition) is 10. The number of ether oxygens (including phenoxy) is 6. The molecule has 32 nitrogen and oxygen atoms in total. The average molecular weight is 1380 g/mol. The number of nitrogens with one attached hydrogen (secondary N) is 2. The van der Waals surface area contributed by atoms with E-state index in [9.17, 15) is 73.3 Å². The normalized spacial score (nSPS) is 25.9. The van der Waals surface area contributed by atoms with E-state index in [0.29, 0.717) is 45.5 Å². The molecule has 10 N–H and O–H groups in total. The van der Waals surface area contributed by atoms with Crippen LogP contribution in [-0.4, -0.2) is 233 Å². The molecule has 3 saturated heterocycles. The van der Waals surface area contributed by atoms with Crippen molar-refractivity contribution in [3.8, 4) is 45.0 Å². The third-order valence-corrected chi connectivity index (χ3v) is 18.2. The van der Waals surface area contributed by atoms with Crippen molar-refractivity contribution < 1.29 is 107 Å². The Balaban J connectivity index is 0.746. The van der Waals surface area contributed by atoms with E-state index in [-0.39, 0.29) is 42.0 Å². The van der Waals surface area contributed by atoms with E-state index in [4.69, 9.17) is 33.5 Å². The first kappa shape index (κ1) is 70.2. The number of para-hydroxylation sites is 1. The smallest absolute Gasteiger partial charge is 0.306 e. The second-order valence-corrected chi connectivity index (χ2v) is 24.5. The number of thioether (sulfide) groups is 1. The minimum atomic E-state index is -1.79. The van der Waals surface area contributed by atoms with Crippen LogP contribution in [0.1, 0.15) is 49.8 Å². The maximum atomic E-state index is 14.4. The van der Waals surface area contributed by atoms with E-state index in [1.165, 1.54) is 65.5 Å². The van der Waals surface area contributed by atoms with Crippen molar-refractivity contribution in [1.29, 1.82) is 0 Å². The molecule has 4 aromatic carbocycles. The van der Waals surface area contributed by atoms with Crippen LogP contribution < -0.4 is 15.5 Å². The summed E-state index contributed by atoms with van der Waals surface area (Å²) < 4.78 is 66.3. The summed E-state index contributed by atoms with van der Waals surface area (Å²) in [5.41, 5.74) is 0.591. The van der Waals surface area contributed by atoms with Gasteiger partial charge in [0.05, 0.1) is 56.2 Å². The van der Waals surface area contributed by atoms with Gasteiger partial charge in [-0.15, -0.1) is 15.3 Å². The summed E-state index contributed by atoms with van der Waals surface area (Å²) in [4.78, 5) is 80.2. The number of rotatable bonds is 24. The highest BCUT2D eigenvalue weighted by Gasteiger charge is 2.53. The zero-order chi connectivity index (χ0) is 69.5. The Labute approximate surface area is 558 Å². The van der Waals surface area contributed by atoms with Crippen molar-refractivity contribution in [3.63, 3.8) is 0 Å². The fourth-order valence-corrected chi connectivity index (χ4v) is 13.2. The zero-order valence-electron chi connectivity index (χ0n) is 51.9. The lowest BCUT2D eigenvalue weighted by atomic mass is 9.95. The molecular formula is C63H68F2N12O20S. The van der Waals surface area contributed by atoms with Crippen LogP contribution in [0.5, 0.6) is 0 Å². The molecule has 3 fully saturated rings. The topological polar surface area (TPSA) is 439 Å². The summed E-state index contributed by atoms with van der Waals surface area (Å²) in [6, 6.07) is 20.5. The Hall–Kier alpha value is -9.11. The lowest BCUT2D eigenvalue weighted by molar-refractivity contribution is -0.262. The van der Waals surface area contributed by atoms with Crippen LogP contribution in [0.15, 0.2) is 109 Å². The Kier molecular flexibility index (Phi) is 22.3. The Morgan fingerprint density at radius 1 is 0.622 bits per heavy atom. The molecule has 98 heavy (non-hydrogen) atoms. The molecule has 35 heteroatoms. The van der Waals surface area contributed by atoms with Crippen molar-refractivity contribution in [2.24, 2.45) is 0 Å². The van der Waals surface area contributed by atoms with Gasteiger partial charge >= 0.3 is 17.9 Å². The van der Waals surface area contributed by atoms with Crippen LogP contribution in [0, 0.1) is 11.6 Å². The maximum Gasteiger partial charge on any atom is 0.306 e. The standard InChI is InChI=1S/C63H68F2N12O20S/c1-92-61-51(58(89)57(88)41(28-78)95-61)67-45(80)27-77-52-36-13-3-2-8-33(36)24-74(40-15-5-4-14-37(40)50(52)70-73-77)46(81)20-21-66-44(79)16-18-48(84)93-29-42-55(86)53(75-25-38(68-71-75)31-9-6-11-34(64)22-31)59(90)62(96-42)98-63-60(91)54(56(87)43(97-63)30-94-49(85)19-17-47(82)83)76-26-39(69-72-76)32-10-7-12-35(65)23-32/h2-15,22-23,25-26,41-43,51,53-63,78,86-91H,16-21,24,27-30H2,1H3,(H,66,79)(H,67,80)(H,82,83)/t41-,42-,43-,51-,53+,54+,55+,56+,57+,58-,59-,60-,61+,62+,63+/m1/s1. The van der Waals surface area contributed by atoms with Crippen molar-refractivity contribution in [1.82, 2.24) is 55.6 Å². The van der Waals surface area contributed by atoms with Gasteiger partial charge in [-0.1, -0.05) is 94.1 Å². The molecule has 0 radical (unpaired) electrons. The average Bonchev–Trinajstić information content (AvgIpc) is 1.41. The maximum absolute atomic E-state index is 14.4. The number of nitrogens with zero attached hydrogens (tertiary/aromatic N) is 10. The summed E-state index contributed by atoms with van der Waals surface area (Å²) in [6.07, 6.45) is -15.2. The first-order valence-corrected chi connectivity index (χ1v) is 31.8. The largest absolute Gasteiger partial charge is 0.481 e. The van der Waals surface area contributed by atoms with Gasteiger partial charge in [0.1, 0.15) is 132 Å². The number of methoxy groups -OCH3 is 1. The molecule has 15 atom stereocenters. The van der Waals surface area contributed by atoms with Gasteiger partial charge in [-0.05, 0) is 35.9 Å². The molecule has 7 aromatic rings. The van der Waals surface area contributed by atoms with Crippen molar-refractivity contribution >= 4 is 53.1 Å². The number of benzene rings is 4. The molecule has 4 aliphatic heterocycles. The van der Waals surface area contributed by atoms with E-state index >= 15 is 0 Å². The highest BCUT2D eigenvalue weighted by molar-refractivity contribution is 8.00. The van der Waals surface area contributed by atoms with Crippen LogP contribution in [0.25, 0.3) is 45.0 Å². The number of carbonyl (C=O) groups excluding carboxylic acids is 5. The number of aliphatic hydroxyl groups is 7. The third-order valence-electron chi connectivity index (χ3n) is 16.9. The van der Waals surface area contributed by atoms with Gasteiger partial charge in [-0.3, -0.25) is 28.8 Å². The van der Waals surface area contributed by atoms with Gasteiger partial charge in [0, 0.05) is 48.8 Å². The first-order chi connectivity index (χ1) is 47.2. The molecule has 0 aliphatic carbocycles. The van der Waals surface area contributed by atoms with Crippen LogP contribution >= 0.6 is 11.8 Å². The molecule has 3 aromatic heterocycles. The zero-order valence-corrected chi connectivity index (χ0v) is 52.8. The molecule has 4 aliphatic rings. The summed E-state index contributed by atoms with van der Waals surface area (Å²) >= 11 is 0.625. The Morgan fingerprint density at radius 2 is 1.19 bits per heavy atom. The minimum absolute atomic E-state index is 0.0188. The second-order valence-electron chi connectivity index (χ2n) is 23.3. The highest BCUT2D eigenvalue weighted by Crippen LogP contribution is 2.44. The quantitative estimate of drug-likeness (QED) is 0.0361. The fourth-order valence-electron chi connectivity index (χ4n) is 11.9. The monoisotopic (exact) mass is 1380 g/mol. The fraction of sp³-hybridized carbons (Fsp3) is 0.429. The SMILES string of the molecule is CO[C@H]1O[C@H](CO)[C@H](O)[C@H](O)[C@H]1NC(=O)Cn1nnc2c1-c1ccccc1CN(C(=O)CCNC(=O)CCC(=O)OC[C@H]1O[C@@H](S[C@@H]3O[C@H](COC(=O)CCC(=O)O)[C@H](O)[C@H](n4cc(-c5cccc(F)c5)nn4)[C@H]3O)[C@H](O)[C@@H](n3cc(-c4cccc(F)c4)nn3)[C@H]1O)c1ccccc1-2. The van der Waals surface area contributed by atoms with Crippen LogP contribution in [0.2, 0.25) is 0 Å². The van der Waals surface area contributed by atoms with Gasteiger partial charge in [-0.2, -0.15) is 0 Å². The molecule has 7 heterocycles. The van der Waals surface area contributed by atoms with Gasteiger partial charge < -0.3 is 84.8 Å². The number of carboxylic acid groups (broad SMARTS) is 1. The number of amides is 3. The molecule has 3 amide bonds. The lowest BCUT2D eigenvalue weighted by Gasteiger charge is -2.46. The molecule has 0 unspecified atom stereocenters. The Morgan fingerprint density at radius 3 is 1.77 bits per heavy atom. The first-order valence-electron chi connectivity index (χ1n) is 30.9. The number of fused-ring (bicyclic) bond motifs is 5. The van der Waals surface area contributed by atoms with Crippen LogP contribution in [-0.2, 0) is 70.3 Å². The summed E-state index contributed by atoms with van der Waals surface area (Å²) in [5, 5.41) is 119. The predicted octanol–water partition coefficient (Wildman–Crippen LogP) is 0.171. The summed E-state index contributed by atoms with van der Waals surface area (Å²) in [7, 11) is 1.28. The van der Waals surface area contributed by atoms with E-state index < -0.39 is 190 Å². The third kappa shape index (κ3) is 15.7. The van der Waals surface area contributed by atoms with Crippen molar-refractivity contribution in [2.45, 2.75) is 135 Å². The number of aliphatic hydroxyl groups excluding tert-OH is 7. The van der Waals surface area contributed by atoms with Gasteiger partial charge in [0.2, 0.25) is 17.7 Å². The van der Waals surface area contributed by atoms with E-state index in [1.807, 2.05) is 0 Å². The highest BCUT2D eigenvalue weighted by atomic mass is 32.2. The minimum Gasteiger partial charge on any atom is -0.481 e. The molecule has 0 saturated carbocycles. The number of hydrogen-bond acceptors (Lipinski definition) is 26. The van der Waals surface area contributed by atoms with E-state index in [2.05, 4.69) is 41.6 Å². The number of halogens is 2. The number of aliphatic carboxylic acids is 1. The molecular weight excluding hydrogens is 1310 g/mol. The van der Waals surface area contributed by atoms with Gasteiger partial charge in [0.25, 0.3) is 0 Å². The number of carbonyl (C=O) groups is 6. The summed E-state index contributed by atoms with van der Waals surface area (Å²) in [5.74, 6) is -6.08. The number of esters is 2. The summed E-state index contributed by atoms with van der Waals surface area (Å²) in [6.45, 7) is -2.58. The lowest BCUT2D eigenvalue weighted by Crippen LogP contribution is -2.64. The van der Waals surface area contributed by atoms with Gasteiger partial charge in [0.15, 0.2) is 6.29 Å². The predicted molar refractivity (Wildman–Crippen MR) is 332 cm³/mol. The Bertz CT molecular complexity index is 4010. The molecule has 520 valence electrons. The second kappa shape index (κ2) is 31.2. The van der Waals surface area contributed by atoms with E-state index in [1.54, 1.807) is 60.7 Å². The number of aromatic nitrogens is 9. The van der Waals surface area contributed by atoms with Crippen LogP contribution in [0.3, 0.4) is 0 Å². The van der Waals surface area contributed by atoms with Crippen LogP contribution in [0.4, 0.5) is 14.5 Å². The number of anilines is 1.